The lowest BCUT2D eigenvalue weighted by Crippen LogP contribution is -2.17. The van der Waals surface area contributed by atoms with E-state index in [-0.39, 0.29) is 10.8 Å². The van der Waals surface area contributed by atoms with Crippen LogP contribution < -0.4 is 0 Å². The fourth-order valence-corrected chi connectivity index (χ4v) is 9.90. The molecule has 2 heterocycles. The van der Waals surface area contributed by atoms with Gasteiger partial charge < -0.3 is 0 Å². The Bertz CT molecular complexity index is 2980. The van der Waals surface area contributed by atoms with Crippen LogP contribution in [-0.2, 0) is 10.8 Å². The van der Waals surface area contributed by atoms with Gasteiger partial charge in [-0.05, 0) is 143 Å². The van der Waals surface area contributed by atoms with Gasteiger partial charge in [0.15, 0.2) is 0 Å². The minimum Gasteiger partial charge on any atom is -0.296 e. The summed E-state index contributed by atoms with van der Waals surface area (Å²) in [7, 11) is 0. The third-order valence-electron chi connectivity index (χ3n) is 12.7. The first-order valence-electron chi connectivity index (χ1n) is 19.6. The Morgan fingerprint density at radius 3 is 1.87 bits per heavy atom. The molecule has 3 aliphatic rings. The summed E-state index contributed by atoms with van der Waals surface area (Å²) >= 11 is 0. The van der Waals surface area contributed by atoms with Crippen LogP contribution in [0, 0.1) is 6.92 Å². The van der Waals surface area contributed by atoms with Crippen molar-refractivity contribution in [3.8, 4) is 50.7 Å². The van der Waals surface area contributed by atoms with Crippen molar-refractivity contribution in [2.45, 2.75) is 58.3 Å². The van der Waals surface area contributed by atoms with E-state index in [2.05, 4.69) is 183 Å². The Balaban J connectivity index is 1.04. The van der Waals surface area contributed by atoms with E-state index in [9.17, 15) is 0 Å². The van der Waals surface area contributed by atoms with Crippen LogP contribution in [0.1, 0.15) is 68.4 Å². The van der Waals surface area contributed by atoms with Gasteiger partial charge in [0.2, 0.25) is 0 Å². The predicted octanol–water partition coefficient (Wildman–Crippen LogP) is 12.8. The molecule has 0 radical (unpaired) electrons. The van der Waals surface area contributed by atoms with Crippen LogP contribution in [0.5, 0.6) is 0 Å². The molecule has 0 bridgehead atoms. The lowest BCUT2D eigenvalue weighted by Gasteiger charge is -2.24. The maximum Gasteiger partial charge on any atom is 0.145 e. The van der Waals surface area contributed by atoms with Gasteiger partial charge in [0.1, 0.15) is 11.6 Å². The summed E-state index contributed by atoms with van der Waals surface area (Å²) in [5.74, 6) is 1.99. The molecular formula is C51H42N4. The van der Waals surface area contributed by atoms with Gasteiger partial charge in [0.05, 0.1) is 22.1 Å². The molecule has 0 saturated carbocycles. The second kappa shape index (κ2) is 11.4. The van der Waals surface area contributed by atoms with E-state index in [0.29, 0.717) is 0 Å². The fourth-order valence-electron chi connectivity index (χ4n) is 9.90. The number of hydrogen-bond donors (Lipinski definition) is 0. The molecule has 0 spiro atoms. The Morgan fingerprint density at radius 1 is 0.545 bits per heavy atom. The number of benzene rings is 6. The molecular weight excluding hydrogens is 669 g/mol. The molecule has 0 atom stereocenters. The van der Waals surface area contributed by atoms with Gasteiger partial charge in [-0.1, -0.05) is 94.4 Å². The molecule has 266 valence electrons. The monoisotopic (exact) mass is 710 g/mol. The molecule has 2 aromatic heterocycles. The zero-order valence-corrected chi connectivity index (χ0v) is 32.0. The molecule has 4 nitrogen and oxygen atoms in total. The summed E-state index contributed by atoms with van der Waals surface area (Å²) in [5, 5.41) is 0. The van der Waals surface area contributed by atoms with Crippen molar-refractivity contribution in [1.82, 2.24) is 19.1 Å². The highest BCUT2D eigenvalue weighted by molar-refractivity contribution is 5.94. The van der Waals surface area contributed by atoms with Crippen LogP contribution in [0.4, 0.5) is 0 Å². The average molecular weight is 711 g/mol. The Morgan fingerprint density at radius 2 is 1.15 bits per heavy atom. The standard InChI is InChI=1S/C51H42N4/c1-31-26-33(49-53-44-21-13-15-23-46(44)55(49)35-18-10-7-11-19-35)28-42-47(31)38-30-40-37(29-41(38)51(42,4)5)36-25-24-32(27-39(36)50(40,2)3)48-52-43-20-12-14-22-45(43)54(48)34-16-8-6-9-17-34/h6-8,10-16,18-30H,9,17H2,1-5H3. The van der Waals surface area contributed by atoms with E-state index in [1.807, 2.05) is 0 Å². The molecule has 0 aliphatic heterocycles. The highest BCUT2D eigenvalue weighted by Crippen LogP contribution is 2.57. The van der Waals surface area contributed by atoms with Crippen molar-refractivity contribution in [2.75, 3.05) is 0 Å². The van der Waals surface area contributed by atoms with Crippen LogP contribution in [0.15, 0.2) is 140 Å². The molecule has 6 aromatic carbocycles. The summed E-state index contributed by atoms with van der Waals surface area (Å²) in [6, 6.07) is 44.5. The lowest BCUT2D eigenvalue weighted by atomic mass is 9.79. The highest BCUT2D eigenvalue weighted by Gasteiger charge is 2.42. The molecule has 11 rings (SSSR count). The van der Waals surface area contributed by atoms with E-state index in [1.165, 1.54) is 55.8 Å². The van der Waals surface area contributed by atoms with E-state index in [1.54, 1.807) is 0 Å². The third kappa shape index (κ3) is 4.51. The van der Waals surface area contributed by atoms with Gasteiger partial charge in [-0.2, -0.15) is 0 Å². The molecule has 55 heavy (non-hydrogen) atoms. The van der Waals surface area contributed by atoms with Gasteiger partial charge >= 0.3 is 0 Å². The summed E-state index contributed by atoms with van der Waals surface area (Å²) in [4.78, 5) is 10.5. The molecule has 0 N–H and O–H groups in total. The minimum absolute atomic E-state index is 0.180. The number of aryl methyl sites for hydroxylation is 1. The van der Waals surface area contributed by atoms with E-state index >= 15 is 0 Å². The van der Waals surface area contributed by atoms with Gasteiger partial charge in [-0.3, -0.25) is 9.13 Å². The summed E-state index contributed by atoms with van der Waals surface area (Å²) in [5.41, 5.74) is 20.9. The van der Waals surface area contributed by atoms with Gasteiger partial charge in [-0.25, -0.2) is 9.97 Å². The fraction of sp³-hybridized carbons (Fsp3) is 0.176. The second-order valence-electron chi connectivity index (χ2n) is 16.6. The maximum absolute atomic E-state index is 5.24. The number of fused-ring (bicyclic) bond motifs is 8. The Hall–Kier alpha value is -6.26. The molecule has 8 aromatic rings. The molecule has 0 amide bonds. The summed E-state index contributed by atoms with van der Waals surface area (Å²) < 4.78 is 4.70. The van der Waals surface area contributed by atoms with E-state index in [4.69, 9.17) is 9.97 Å². The molecule has 0 unspecified atom stereocenters. The highest BCUT2D eigenvalue weighted by atomic mass is 15.1. The predicted molar refractivity (Wildman–Crippen MR) is 228 cm³/mol. The zero-order valence-electron chi connectivity index (χ0n) is 32.0. The maximum atomic E-state index is 5.24. The lowest BCUT2D eigenvalue weighted by molar-refractivity contribution is 0.652. The Kier molecular flexibility index (Phi) is 6.66. The average Bonchev–Trinajstić information content (AvgIpc) is 3.91. The number of nitrogens with zero attached hydrogens (tertiary/aromatic N) is 4. The molecule has 0 saturated heterocycles. The third-order valence-corrected chi connectivity index (χ3v) is 12.7. The molecule has 4 heteroatoms. The van der Waals surface area contributed by atoms with Crippen LogP contribution in [-0.4, -0.2) is 19.1 Å². The number of para-hydroxylation sites is 5. The van der Waals surface area contributed by atoms with Crippen molar-refractivity contribution in [1.29, 1.82) is 0 Å². The van der Waals surface area contributed by atoms with Crippen molar-refractivity contribution >= 4 is 27.8 Å². The smallest absolute Gasteiger partial charge is 0.145 e. The van der Waals surface area contributed by atoms with Crippen molar-refractivity contribution < 1.29 is 0 Å². The topological polar surface area (TPSA) is 35.6 Å². The van der Waals surface area contributed by atoms with E-state index < -0.39 is 0 Å². The second-order valence-corrected chi connectivity index (χ2v) is 16.6. The van der Waals surface area contributed by atoms with Crippen LogP contribution >= 0.6 is 0 Å². The van der Waals surface area contributed by atoms with Crippen LogP contribution in [0.2, 0.25) is 0 Å². The number of rotatable bonds is 4. The summed E-state index contributed by atoms with van der Waals surface area (Å²) in [6.07, 6.45) is 8.73. The van der Waals surface area contributed by atoms with Crippen molar-refractivity contribution in [3.63, 3.8) is 0 Å². The SMILES string of the molecule is Cc1cc(-c2nc3ccccc3n2-c2ccccc2)cc2c1-c1cc3c(cc1C2(C)C)-c1ccc(-c2nc4ccccc4n2C2=CC=CCC2)cc1C3(C)C. The number of hydrogen-bond acceptors (Lipinski definition) is 2. The first-order valence-corrected chi connectivity index (χ1v) is 19.6. The minimum atomic E-state index is -0.191. The normalized spacial score (nSPS) is 15.9. The number of imidazole rings is 2. The number of allylic oxidation sites excluding steroid dienone is 4. The van der Waals surface area contributed by atoms with Crippen molar-refractivity contribution in [3.05, 3.63) is 167 Å². The Labute approximate surface area is 322 Å². The quantitative estimate of drug-likeness (QED) is 0.182. The first-order chi connectivity index (χ1) is 26.7. The van der Waals surface area contributed by atoms with Crippen molar-refractivity contribution in [2.24, 2.45) is 0 Å². The molecule has 0 fully saturated rings. The zero-order chi connectivity index (χ0) is 37.2. The van der Waals surface area contributed by atoms with Gasteiger partial charge in [0, 0.05) is 33.3 Å². The van der Waals surface area contributed by atoms with Crippen LogP contribution in [0.3, 0.4) is 0 Å². The molecule has 3 aliphatic carbocycles. The number of aromatic nitrogens is 4. The first kappa shape index (κ1) is 32.2. The van der Waals surface area contributed by atoms with E-state index in [0.717, 1.165) is 63.4 Å². The van der Waals surface area contributed by atoms with Gasteiger partial charge in [0.25, 0.3) is 0 Å². The largest absolute Gasteiger partial charge is 0.296 e. The van der Waals surface area contributed by atoms with Crippen LogP contribution in [0.25, 0.3) is 78.5 Å². The summed E-state index contributed by atoms with van der Waals surface area (Å²) in [6.45, 7) is 11.9. The van der Waals surface area contributed by atoms with Gasteiger partial charge in [-0.15, -0.1) is 0 Å².